The fourth-order valence-corrected chi connectivity index (χ4v) is 1.96. The second kappa shape index (κ2) is 3.19. The van der Waals surface area contributed by atoms with E-state index >= 15 is 0 Å². The highest BCUT2D eigenvalue weighted by molar-refractivity contribution is 7.73. The van der Waals surface area contributed by atoms with Gasteiger partial charge in [-0.05, 0) is 24.6 Å². The minimum Gasteiger partial charge on any atom is -0.300 e. The standard InChI is InChI=1S/C7H9N3OS2/c1-3-2-4(3)5(11)8-6-9-10-7(12)13-6/h3-4H,2H2,1H3,(H,10,12)(H,8,9,11). The number of nitrogens with one attached hydrogen (secondary N) is 2. The third kappa shape index (κ3) is 1.94. The lowest BCUT2D eigenvalue weighted by Crippen LogP contribution is -2.14. The Morgan fingerprint density at radius 3 is 3.00 bits per heavy atom. The summed E-state index contributed by atoms with van der Waals surface area (Å²) in [6.45, 7) is 2.07. The number of hydrogen-bond donors (Lipinski definition) is 2. The van der Waals surface area contributed by atoms with Crippen LogP contribution in [0.3, 0.4) is 0 Å². The molecule has 1 fully saturated rings. The minimum absolute atomic E-state index is 0.0604. The molecule has 0 spiro atoms. The molecule has 1 aliphatic carbocycles. The van der Waals surface area contributed by atoms with Gasteiger partial charge in [0.2, 0.25) is 11.0 Å². The zero-order valence-corrected chi connectivity index (χ0v) is 8.67. The van der Waals surface area contributed by atoms with Gasteiger partial charge in [-0.15, -0.1) is 5.10 Å². The molecule has 2 atom stereocenters. The molecule has 1 heterocycles. The van der Waals surface area contributed by atoms with Crippen LogP contribution in [-0.4, -0.2) is 16.1 Å². The quantitative estimate of drug-likeness (QED) is 0.739. The second-order valence-corrected chi connectivity index (χ2v) is 4.89. The zero-order valence-electron chi connectivity index (χ0n) is 7.03. The summed E-state index contributed by atoms with van der Waals surface area (Å²) in [6, 6.07) is 0. The van der Waals surface area contributed by atoms with E-state index in [1.807, 2.05) is 0 Å². The van der Waals surface area contributed by atoms with Gasteiger partial charge >= 0.3 is 0 Å². The van der Waals surface area contributed by atoms with E-state index in [4.69, 9.17) is 12.2 Å². The summed E-state index contributed by atoms with van der Waals surface area (Å²) in [5, 5.41) is 9.75. The topological polar surface area (TPSA) is 57.8 Å². The number of nitrogens with zero attached hydrogens (tertiary/aromatic N) is 1. The first-order chi connectivity index (χ1) is 6.16. The molecule has 13 heavy (non-hydrogen) atoms. The van der Waals surface area contributed by atoms with Gasteiger partial charge in [-0.2, -0.15) is 0 Å². The highest BCUT2D eigenvalue weighted by Crippen LogP contribution is 2.38. The van der Waals surface area contributed by atoms with E-state index in [1.165, 1.54) is 11.3 Å². The fourth-order valence-electron chi connectivity index (χ4n) is 1.17. The summed E-state index contributed by atoms with van der Waals surface area (Å²) >= 11 is 6.12. The minimum atomic E-state index is 0.0604. The number of carbonyl (C=O) groups excluding carboxylic acids is 1. The van der Waals surface area contributed by atoms with Gasteiger partial charge in [0.05, 0.1) is 0 Å². The molecule has 0 aliphatic heterocycles. The van der Waals surface area contributed by atoms with E-state index < -0.39 is 0 Å². The number of rotatable bonds is 2. The Hall–Kier alpha value is -0.750. The Bertz CT molecular complexity index is 383. The fraction of sp³-hybridized carbons (Fsp3) is 0.571. The Morgan fingerprint density at radius 2 is 2.54 bits per heavy atom. The number of aromatic amines is 1. The van der Waals surface area contributed by atoms with Crippen LogP contribution in [0.25, 0.3) is 0 Å². The molecule has 1 aliphatic rings. The molecule has 1 aromatic rings. The van der Waals surface area contributed by atoms with Crippen LogP contribution in [0.4, 0.5) is 5.13 Å². The van der Waals surface area contributed by atoms with Crippen LogP contribution < -0.4 is 5.32 Å². The van der Waals surface area contributed by atoms with Crippen molar-refractivity contribution in [3.05, 3.63) is 3.95 Å². The molecule has 0 aromatic carbocycles. The van der Waals surface area contributed by atoms with Crippen molar-refractivity contribution in [2.24, 2.45) is 11.8 Å². The first-order valence-corrected chi connectivity index (χ1v) is 5.25. The lowest BCUT2D eigenvalue weighted by Gasteiger charge is -1.96. The summed E-state index contributed by atoms with van der Waals surface area (Å²) < 4.78 is 0.583. The van der Waals surface area contributed by atoms with Crippen molar-refractivity contribution >= 4 is 34.6 Å². The summed E-state index contributed by atoms with van der Waals surface area (Å²) in [4.78, 5) is 11.4. The molecule has 70 valence electrons. The molecular weight excluding hydrogens is 206 g/mol. The van der Waals surface area contributed by atoms with Gasteiger partial charge in [0.25, 0.3) is 0 Å². The highest BCUT2D eigenvalue weighted by atomic mass is 32.1. The monoisotopic (exact) mass is 215 g/mol. The first-order valence-electron chi connectivity index (χ1n) is 4.03. The SMILES string of the molecule is CC1CC1C(=O)Nc1n[nH]c(=S)s1. The average molecular weight is 215 g/mol. The molecule has 4 nitrogen and oxygen atoms in total. The third-order valence-electron chi connectivity index (χ3n) is 2.11. The summed E-state index contributed by atoms with van der Waals surface area (Å²) in [5.41, 5.74) is 0. The average Bonchev–Trinajstić information content (AvgIpc) is 2.66. The van der Waals surface area contributed by atoms with Crippen molar-refractivity contribution in [2.75, 3.05) is 5.32 Å². The maximum atomic E-state index is 11.4. The molecule has 2 unspecified atom stereocenters. The highest BCUT2D eigenvalue weighted by Gasteiger charge is 2.39. The molecule has 0 saturated heterocycles. The smallest absolute Gasteiger partial charge is 0.229 e. The number of H-pyrrole nitrogens is 1. The molecule has 6 heteroatoms. The van der Waals surface area contributed by atoms with Crippen LogP contribution in [0.15, 0.2) is 0 Å². The van der Waals surface area contributed by atoms with Gasteiger partial charge in [0, 0.05) is 5.92 Å². The van der Waals surface area contributed by atoms with Crippen LogP contribution in [0, 0.1) is 15.8 Å². The predicted octanol–water partition coefficient (Wildman–Crippen LogP) is 1.80. The van der Waals surface area contributed by atoms with Crippen LogP contribution in [0.2, 0.25) is 0 Å². The van der Waals surface area contributed by atoms with Crippen LogP contribution >= 0.6 is 23.6 Å². The third-order valence-corrected chi connectivity index (χ3v) is 3.12. The van der Waals surface area contributed by atoms with E-state index in [0.29, 0.717) is 15.0 Å². The van der Waals surface area contributed by atoms with E-state index in [0.717, 1.165) is 6.42 Å². The summed E-state index contributed by atoms with van der Waals surface area (Å²) in [6.07, 6.45) is 0.988. The van der Waals surface area contributed by atoms with E-state index in [2.05, 4.69) is 22.4 Å². The van der Waals surface area contributed by atoms with E-state index in [9.17, 15) is 4.79 Å². The number of hydrogen-bond acceptors (Lipinski definition) is 4. The lowest BCUT2D eigenvalue weighted by molar-refractivity contribution is -0.117. The van der Waals surface area contributed by atoms with E-state index in [1.54, 1.807) is 0 Å². The lowest BCUT2D eigenvalue weighted by atomic mass is 10.3. The van der Waals surface area contributed by atoms with Crippen molar-refractivity contribution in [1.82, 2.24) is 10.2 Å². The van der Waals surface area contributed by atoms with Crippen molar-refractivity contribution in [3.63, 3.8) is 0 Å². The van der Waals surface area contributed by atoms with Gasteiger partial charge in [0.1, 0.15) is 0 Å². The van der Waals surface area contributed by atoms with Crippen LogP contribution in [0.5, 0.6) is 0 Å². The molecule has 2 rings (SSSR count). The molecular formula is C7H9N3OS2. The van der Waals surface area contributed by atoms with Gasteiger partial charge < -0.3 is 5.32 Å². The zero-order chi connectivity index (χ0) is 9.42. The van der Waals surface area contributed by atoms with Crippen molar-refractivity contribution in [2.45, 2.75) is 13.3 Å². The molecule has 1 saturated carbocycles. The van der Waals surface area contributed by atoms with Crippen LogP contribution in [0.1, 0.15) is 13.3 Å². The number of anilines is 1. The van der Waals surface area contributed by atoms with Crippen molar-refractivity contribution < 1.29 is 4.79 Å². The Labute approximate surface area is 84.4 Å². The Morgan fingerprint density at radius 1 is 1.85 bits per heavy atom. The van der Waals surface area contributed by atoms with Gasteiger partial charge in [-0.1, -0.05) is 18.3 Å². The normalized spacial score (nSPS) is 25.6. The van der Waals surface area contributed by atoms with Gasteiger partial charge in [-0.3, -0.25) is 9.89 Å². The summed E-state index contributed by atoms with van der Waals surface area (Å²) in [7, 11) is 0. The number of aromatic nitrogens is 2. The molecule has 1 aromatic heterocycles. The molecule has 1 amide bonds. The maximum absolute atomic E-state index is 11.4. The van der Waals surface area contributed by atoms with Gasteiger partial charge in [-0.25, -0.2) is 0 Å². The summed E-state index contributed by atoms with van der Waals surface area (Å²) in [5.74, 6) is 0.759. The Balaban J connectivity index is 1.98. The van der Waals surface area contributed by atoms with E-state index in [-0.39, 0.29) is 11.8 Å². The first kappa shape index (κ1) is 8.83. The van der Waals surface area contributed by atoms with Gasteiger partial charge in [0.15, 0.2) is 3.95 Å². The largest absolute Gasteiger partial charge is 0.300 e. The van der Waals surface area contributed by atoms with Crippen molar-refractivity contribution in [3.8, 4) is 0 Å². The predicted molar refractivity (Wildman–Crippen MR) is 53.2 cm³/mol. The number of amides is 1. The maximum Gasteiger partial charge on any atom is 0.229 e. The molecule has 0 bridgehead atoms. The molecule has 0 radical (unpaired) electrons. The molecule has 2 N–H and O–H groups in total. The van der Waals surface area contributed by atoms with Crippen molar-refractivity contribution in [1.29, 1.82) is 0 Å². The van der Waals surface area contributed by atoms with Crippen LogP contribution in [-0.2, 0) is 4.79 Å². The number of carbonyl (C=O) groups is 1. The second-order valence-electron chi connectivity index (χ2n) is 3.23. The Kier molecular flexibility index (Phi) is 2.17.